The maximum atomic E-state index is 11.2. The van der Waals surface area contributed by atoms with Crippen molar-refractivity contribution in [3.8, 4) is 17.4 Å². The molecule has 0 saturated carbocycles. The Kier molecular flexibility index (Phi) is 10.4. The molecule has 45 heavy (non-hydrogen) atoms. The minimum absolute atomic E-state index is 0.0376. The first-order valence-electron chi connectivity index (χ1n) is 13.3. The molecule has 0 atom stereocenters. The fourth-order valence-corrected chi connectivity index (χ4v) is 4.31. The predicted molar refractivity (Wildman–Crippen MR) is 155 cm³/mol. The highest BCUT2D eigenvalue weighted by atomic mass is 16.5. The molecule has 0 unspecified atom stereocenters. The summed E-state index contributed by atoms with van der Waals surface area (Å²) in [4.78, 5) is 51.9. The Hall–Kier alpha value is -5.81. The van der Waals surface area contributed by atoms with Crippen LogP contribution in [0, 0.1) is 0 Å². The second-order valence-corrected chi connectivity index (χ2v) is 9.92. The van der Waals surface area contributed by atoms with Crippen molar-refractivity contribution in [2.75, 3.05) is 31.9 Å². The zero-order valence-corrected chi connectivity index (χ0v) is 23.8. The molecule has 4 aromatic rings. The largest absolute Gasteiger partial charge is 0.489 e. The summed E-state index contributed by atoms with van der Waals surface area (Å²) >= 11 is 0. The van der Waals surface area contributed by atoms with Gasteiger partial charge in [-0.05, 0) is 54.1 Å². The van der Waals surface area contributed by atoms with E-state index in [0.29, 0.717) is 40.0 Å². The molecule has 0 spiro atoms. The number of nitrogens with two attached hydrogens (primary N) is 1. The Balaban J connectivity index is 1.63. The van der Waals surface area contributed by atoms with Gasteiger partial charge < -0.3 is 30.9 Å². The molecule has 1 aromatic carbocycles. The lowest BCUT2D eigenvalue weighted by Gasteiger charge is -2.16. The first kappa shape index (κ1) is 32.1. The number of hydrogen-bond acceptors (Lipinski definition) is 11. The number of hydrogen-bond donors (Lipinski definition) is 5. The van der Waals surface area contributed by atoms with Crippen molar-refractivity contribution in [2.45, 2.75) is 19.7 Å². The van der Waals surface area contributed by atoms with Gasteiger partial charge in [0.1, 0.15) is 12.4 Å². The zero-order valence-electron chi connectivity index (χ0n) is 23.8. The van der Waals surface area contributed by atoms with Gasteiger partial charge in [-0.1, -0.05) is 0 Å². The number of nitrogen functional groups attached to an aromatic ring is 1. The van der Waals surface area contributed by atoms with Gasteiger partial charge in [0.05, 0.1) is 37.6 Å². The Morgan fingerprint density at radius 2 is 1.11 bits per heavy atom. The number of aliphatic carboxylic acids is 4. The third-order valence-electron chi connectivity index (χ3n) is 6.11. The van der Waals surface area contributed by atoms with Crippen LogP contribution in [0.5, 0.6) is 5.75 Å². The number of benzene rings is 1. The van der Waals surface area contributed by atoms with Crippen molar-refractivity contribution in [1.82, 2.24) is 34.3 Å². The highest BCUT2D eigenvalue weighted by molar-refractivity contribution is 5.73. The molecule has 0 saturated heterocycles. The normalized spacial score (nSPS) is 11.2. The predicted octanol–water partition coefficient (Wildman–Crippen LogP) is 0.557. The molecule has 0 amide bonds. The van der Waals surface area contributed by atoms with Crippen LogP contribution >= 0.6 is 0 Å². The number of aromatic nitrogens is 5. The van der Waals surface area contributed by atoms with Crippen LogP contribution in [-0.2, 0) is 38.9 Å². The van der Waals surface area contributed by atoms with Crippen LogP contribution in [0.15, 0.2) is 60.9 Å². The molecule has 0 aliphatic rings. The molecule has 17 nitrogen and oxygen atoms in total. The monoisotopic (exact) mass is 622 g/mol. The number of ether oxygens (including phenoxy) is 1. The molecule has 3 heterocycles. The number of anilines is 1. The van der Waals surface area contributed by atoms with Crippen LogP contribution in [0.2, 0.25) is 0 Å². The maximum Gasteiger partial charge on any atom is 0.317 e. The van der Waals surface area contributed by atoms with Crippen LogP contribution in [0.4, 0.5) is 5.69 Å². The molecule has 236 valence electrons. The highest BCUT2D eigenvalue weighted by Crippen LogP contribution is 2.19. The van der Waals surface area contributed by atoms with Gasteiger partial charge in [-0.2, -0.15) is 10.2 Å². The second-order valence-electron chi connectivity index (χ2n) is 9.92. The van der Waals surface area contributed by atoms with Gasteiger partial charge in [-0.3, -0.25) is 29.0 Å². The first-order valence-corrected chi connectivity index (χ1v) is 13.3. The quantitative estimate of drug-likeness (QED) is 0.101. The molecule has 0 aliphatic heterocycles. The van der Waals surface area contributed by atoms with E-state index in [4.69, 9.17) is 30.9 Å². The molecular weight excluding hydrogens is 592 g/mol. The molecule has 0 radical (unpaired) electrons. The van der Waals surface area contributed by atoms with Gasteiger partial charge in [0, 0.05) is 31.2 Å². The Morgan fingerprint density at radius 3 is 1.51 bits per heavy atom. The Morgan fingerprint density at radius 1 is 0.689 bits per heavy atom. The van der Waals surface area contributed by atoms with Crippen LogP contribution < -0.4 is 10.5 Å². The summed E-state index contributed by atoms with van der Waals surface area (Å²) in [7, 11) is 0. The van der Waals surface area contributed by atoms with E-state index < -0.39 is 50.1 Å². The standard InChI is InChI=1S/C28H30N8O9/c29-19-1-3-22(4-2-19)45-17-18-9-23(35-7-5-20(31-35)11-33(13-25(37)38)14-26(39)40)30-24(10-18)36-8-6-21(32-36)12-34(15-27(41)42)16-28(43)44/h1-10H,11-17,29H2,(H,37,38)(H,39,40)(H,41,42)(H,43,44). The lowest BCUT2D eigenvalue weighted by atomic mass is 10.2. The topological polar surface area (TPSA) is 239 Å². The number of carbonyl (C=O) groups is 4. The lowest BCUT2D eigenvalue weighted by Crippen LogP contribution is -2.34. The van der Waals surface area contributed by atoms with E-state index in [1.165, 1.54) is 19.2 Å². The second kappa shape index (κ2) is 14.6. The molecule has 0 fully saturated rings. The summed E-state index contributed by atoms with van der Waals surface area (Å²) in [5, 5.41) is 45.5. The minimum Gasteiger partial charge on any atom is -0.489 e. The van der Waals surface area contributed by atoms with Crippen molar-refractivity contribution >= 4 is 29.6 Å². The van der Waals surface area contributed by atoms with Crippen LogP contribution in [0.25, 0.3) is 11.6 Å². The number of carboxylic acid groups (broad SMARTS) is 4. The summed E-state index contributed by atoms with van der Waals surface area (Å²) < 4.78 is 8.80. The third kappa shape index (κ3) is 9.87. The van der Waals surface area contributed by atoms with E-state index in [9.17, 15) is 19.2 Å². The first-order chi connectivity index (χ1) is 21.4. The number of carboxylic acids is 4. The SMILES string of the molecule is Nc1ccc(OCc2cc(-n3ccc(CN(CC(=O)O)CC(=O)O)n3)nc(-n3ccc(CN(CC(=O)O)CC(=O)O)n3)c2)cc1. The molecule has 3 aromatic heterocycles. The summed E-state index contributed by atoms with van der Waals surface area (Å²) in [6.07, 6.45) is 3.19. The highest BCUT2D eigenvalue weighted by Gasteiger charge is 2.18. The average molecular weight is 623 g/mol. The van der Waals surface area contributed by atoms with Gasteiger partial charge in [0.2, 0.25) is 0 Å². The minimum atomic E-state index is -1.18. The molecule has 0 bridgehead atoms. The van der Waals surface area contributed by atoms with E-state index in [0.717, 1.165) is 0 Å². The van der Waals surface area contributed by atoms with Gasteiger partial charge in [0.15, 0.2) is 11.6 Å². The molecule has 17 heteroatoms. The van der Waals surface area contributed by atoms with Crippen LogP contribution in [0.3, 0.4) is 0 Å². The van der Waals surface area contributed by atoms with Crippen molar-refractivity contribution in [2.24, 2.45) is 0 Å². The van der Waals surface area contributed by atoms with Gasteiger partial charge >= 0.3 is 23.9 Å². The smallest absolute Gasteiger partial charge is 0.317 e. The Bertz CT molecular complexity index is 1540. The van der Waals surface area contributed by atoms with Crippen molar-refractivity contribution < 1.29 is 44.3 Å². The average Bonchev–Trinajstić information content (AvgIpc) is 3.61. The number of pyridine rings is 1. The maximum absolute atomic E-state index is 11.2. The van der Waals surface area contributed by atoms with Crippen molar-refractivity contribution in [3.05, 3.63) is 77.9 Å². The van der Waals surface area contributed by atoms with E-state index in [1.54, 1.807) is 60.9 Å². The number of nitrogens with zero attached hydrogens (tertiary/aromatic N) is 7. The molecular formula is C28H30N8O9. The zero-order chi connectivity index (χ0) is 32.5. The lowest BCUT2D eigenvalue weighted by molar-refractivity contribution is -0.144. The van der Waals surface area contributed by atoms with Gasteiger partial charge in [0.25, 0.3) is 0 Å². The van der Waals surface area contributed by atoms with Gasteiger partial charge in [-0.15, -0.1) is 0 Å². The van der Waals surface area contributed by atoms with Gasteiger partial charge in [-0.25, -0.2) is 14.3 Å². The fourth-order valence-electron chi connectivity index (χ4n) is 4.31. The number of rotatable bonds is 17. The summed E-state index contributed by atoms with van der Waals surface area (Å²) in [6.45, 7) is -1.91. The fraction of sp³-hybridized carbons (Fsp3) is 0.250. The summed E-state index contributed by atoms with van der Waals surface area (Å²) in [5.74, 6) is -3.46. The summed E-state index contributed by atoms with van der Waals surface area (Å²) in [6, 6.07) is 13.5. The van der Waals surface area contributed by atoms with E-state index in [2.05, 4.69) is 15.2 Å². The molecule has 6 N–H and O–H groups in total. The van der Waals surface area contributed by atoms with E-state index in [1.807, 2.05) is 0 Å². The van der Waals surface area contributed by atoms with Crippen molar-refractivity contribution in [3.63, 3.8) is 0 Å². The van der Waals surface area contributed by atoms with E-state index >= 15 is 0 Å². The van der Waals surface area contributed by atoms with Crippen LogP contribution in [0.1, 0.15) is 17.0 Å². The van der Waals surface area contributed by atoms with Crippen molar-refractivity contribution in [1.29, 1.82) is 0 Å². The Labute approximate surface area is 255 Å². The molecule has 0 aliphatic carbocycles. The van der Waals surface area contributed by atoms with Crippen LogP contribution in [-0.4, -0.2) is 105 Å². The van der Waals surface area contributed by atoms with E-state index in [-0.39, 0.29) is 19.7 Å². The third-order valence-corrected chi connectivity index (χ3v) is 6.11. The summed E-state index contributed by atoms with van der Waals surface area (Å²) in [5.41, 5.74) is 7.81. The molecule has 4 rings (SSSR count).